The Bertz CT molecular complexity index is 233. The van der Waals surface area contributed by atoms with Crippen molar-refractivity contribution < 1.29 is 22.5 Å². The number of hydrogen-bond donors (Lipinski definition) is 2. The molecule has 0 aliphatic rings. The maximum Gasteiger partial charge on any atom is 0.341 e. The third-order valence-electron chi connectivity index (χ3n) is 0.840. The molecule has 0 aromatic carbocycles. The van der Waals surface area contributed by atoms with E-state index in [0.29, 0.717) is 0 Å². The first kappa shape index (κ1) is 10.3. The van der Waals surface area contributed by atoms with Crippen LogP contribution in [0.2, 0.25) is 0 Å². The fourth-order valence-corrected chi connectivity index (χ4v) is 0.657. The third-order valence-corrected chi connectivity index (χ3v) is 1.67. The molecule has 7 heteroatoms. The summed E-state index contributed by atoms with van der Waals surface area (Å²) in [5, 5.41) is -2.00. The summed E-state index contributed by atoms with van der Waals surface area (Å²) < 4.78 is 32.8. The van der Waals surface area contributed by atoms with E-state index < -0.39 is 21.5 Å². The topological polar surface area (TPSA) is 107 Å². The second-order valence-corrected chi connectivity index (χ2v) is 3.23. The van der Waals surface area contributed by atoms with Gasteiger partial charge < -0.3 is 10.5 Å². The molecule has 1 atom stereocenters. The molecule has 0 radical (unpaired) electrons. The van der Waals surface area contributed by atoms with Crippen LogP contribution in [0.3, 0.4) is 0 Å². The first-order valence-electron chi connectivity index (χ1n) is 2.78. The molecule has 0 spiro atoms. The molecule has 1 unspecified atom stereocenters. The molecule has 0 aromatic heterocycles. The molecule has 6 nitrogen and oxygen atoms in total. The highest BCUT2D eigenvalue weighted by atomic mass is 32.2. The highest BCUT2D eigenvalue weighted by molar-refractivity contribution is 7.87. The molecule has 0 rings (SSSR count). The smallest absolute Gasteiger partial charge is 0.341 e. The van der Waals surface area contributed by atoms with E-state index in [1.807, 2.05) is 0 Å². The Kier molecular flexibility index (Phi) is 3.43. The highest BCUT2D eigenvalue weighted by Gasteiger charge is 2.27. The lowest BCUT2D eigenvalue weighted by Gasteiger charge is -2.05. The molecule has 11 heavy (non-hydrogen) atoms. The monoisotopic (exact) mass is 183 g/mol. The van der Waals surface area contributed by atoms with Gasteiger partial charge in [0.15, 0.2) is 0 Å². The lowest BCUT2D eigenvalue weighted by atomic mass is 10.7. The average Bonchev–Trinajstić information content (AvgIpc) is 1.85. The van der Waals surface area contributed by atoms with Crippen LogP contribution in [0.25, 0.3) is 0 Å². The molecule has 3 N–H and O–H groups in total. The van der Waals surface area contributed by atoms with Crippen LogP contribution >= 0.6 is 0 Å². The fourth-order valence-electron chi connectivity index (χ4n) is 0.346. The third kappa shape index (κ3) is 3.30. The summed E-state index contributed by atoms with van der Waals surface area (Å²) in [4.78, 5) is 10.5. The van der Waals surface area contributed by atoms with E-state index in [9.17, 15) is 13.2 Å². The number of carbonyl (C=O) groups is 1. The Morgan fingerprint density at radius 2 is 2.18 bits per heavy atom. The summed E-state index contributed by atoms with van der Waals surface area (Å²) in [6, 6.07) is 0. The van der Waals surface area contributed by atoms with Crippen molar-refractivity contribution in [1.29, 1.82) is 0 Å². The Morgan fingerprint density at radius 1 is 1.73 bits per heavy atom. The molecular formula is C4H9NO5S. The fraction of sp³-hybridized carbons (Fsp3) is 0.750. The first-order chi connectivity index (χ1) is 4.89. The van der Waals surface area contributed by atoms with Crippen LogP contribution in [0.1, 0.15) is 6.92 Å². The minimum absolute atomic E-state index is 0.0159. The Morgan fingerprint density at radius 3 is 2.45 bits per heavy atom. The minimum Gasteiger partial charge on any atom is -0.464 e. The van der Waals surface area contributed by atoms with Crippen molar-refractivity contribution in [3.63, 3.8) is 0 Å². The van der Waals surface area contributed by atoms with Gasteiger partial charge in [0.2, 0.25) is 5.37 Å². The molecular weight excluding hydrogens is 174 g/mol. The lowest BCUT2D eigenvalue weighted by molar-refractivity contribution is -0.142. The molecule has 0 saturated carbocycles. The molecule has 0 fully saturated rings. The van der Waals surface area contributed by atoms with Gasteiger partial charge in [-0.1, -0.05) is 0 Å². The van der Waals surface area contributed by atoms with Crippen LogP contribution < -0.4 is 5.73 Å². The Balaban J connectivity index is 4.27. The maximum absolute atomic E-state index is 10.5. The molecule has 0 aliphatic heterocycles. The number of rotatable bonds is 3. The predicted octanol–water partition coefficient (Wildman–Crippen LogP) is -1.28. The summed E-state index contributed by atoms with van der Waals surface area (Å²) in [5.41, 5.74) is 4.77. The SMILES string of the molecule is CCOC(=O)C(N)S(=O)(=O)O. The lowest BCUT2D eigenvalue weighted by Crippen LogP contribution is -2.39. The number of esters is 1. The van der Waals surface area contributed by atoms with Gasteiger partial charge in [-0.25, -0.2) is 4.79 Å². The van der Waals surface area contributed by atoms with E-state index in [4.69, 9.17) is 10.3 Å². The van der Waals surface area contributed by atoms with Crippen LogP contribution in [0.15, 0.2) is 0 Å². The molecule has 0 bridgehead atoms. The van der Waals surface area contributed by atoms with Crippen LogP contribution in [0.4, 0.5) is 0 Å². The maximum atomic E-state index is 10.5. The molecule has 0 aromatic rings. The van der Waals surface area contributed by atoms with E-state index in [2.05, 4.69) is 4.74 Å². The first-order valence-corrected chi connectivity index (χ1v) is 4.28. The van der Waals surface area contributed by atoms with E-state index in [1.165, 1.54) is 6.92 Å². The second kappa shape index (κ2) is 3.65. The van der Waals surface area contributed by atoms with Crippen molar-refractivity contribution >= 4 is 16.1 Å². The van der Waals surface area contributed by atoms with Crippen molar-refractivity contribution in [2.75, 3.05) is 6.61 Å². The zero-order valence-electron chi connectivity index (χ0n) is 5.85. The standard InChI is InChI=1S/C4H9NO5S/c1-2-10-4(6)3(5)11(7,8)9/h3H,2,5H2,1H3,(H,7,8,9). The van der Waals surface area contributed by atoms with Crippen LogP contribution in [-0.4, -0.2) is 30.9 Å². The Hall–Kier alpha value is -0.660. The van der Waals surface area contributed by atoms with Crippen molar-refractivity contribution in [1.82, 2.24) is 0 Å². The summed E-state index contributed by atoms with van der Waals surface area (Å²) >= 11 is 0. The quantitative estimate of drug-likeness (QED) is 0.417. The number of carbonyl (C=O) groups excluding carboxylic acids is 1. The second-order valence-electron chi connectivity index (χ2n) is 1.69. The minimum atomic E-state index is -4.52. The van der Waals surface area contributed by atoms with Gasteiger partial charge in [-0.3, -0.25) is 4.55 Å². The van der Waals surface area contributed by atoms with Gasteiger partial charge in [-0.15, -0.1) is 0 Å². The molecule has 0 saturated heterocycles. The largest absolute Gasteiger partial charge is 0.464 e. The van der Waals surface area contributed by atoms with Gasteiger partial charge in [-0.2, -0.15) is 8.42 Å². The van der Waals surface area contributed by atoms with Gasteiger partial charge in [0.1, 0.15) is 0 Å². The molecule has 66 valence electrons. The van der Waals surface area contributed by atoms with Crippen LogP contribution in [-0.2, 0) is 19.6 Å². The van der Waals surface area contributed by atoms with E-state index in [0.717, 1.165) is 0 Å². The molecule has 0 aliphatic carbocycles. The zero-order valence-corrected chi connectivity index (χ0v) is 6.67. The average molecular weight is 183 g/mol. The van der Waals surface area contributed by atoms with E-state index in [1.54, 1.807) is 0 Å². The number of ether oxygens (including phenoxy) is 1. The summed E-state index contributed by atoms with van der Waals surface area (Å²) in [6.07, 6.45) is 0. The van der Waals surface area contributed by atoms with Gasteiger partial charge in [0.05, 0.1) is 6.61 Å². The van der Waals surface area contributed by atoms with E-state index in [-0.39, 0.29) is 6.61 Å². The normalized spacial score (nSPS) is 14.1. The van der Waals surface area contributed by atoms with E-state index >= 15 is 0 Å². The van der Waals surface area contributed by atoms with Crippen LogP contribution in [0.5, 0.6) is 0 Å². The van der Waals surface area contributed by atoms with Crippen molar-refractivity contribution in [3.8, 4) is 0 Å². The van der Waals surface area contributed by atoms with Crippen molar-refractivity contribution in [2.24, 2.45) is 5.73 Å². The predicted molar refractivity (Wildman–Crippen MR) is 36.2 cm³/mol. The van der Waals surface area contributed by atoms with Gasteiger partial charge in [0, 0.05) is 0 Å². The van der Waals surface area contributed by atoms with Gasteiger partial charge in [-0.05, 0) is 6.92 Å². The van der Waals surface area contributed by atoms with Gasteiger partial charge in [0.25, 0.3) is 10.1 Å². The van der Waals surface area contributed by atoms with Gasteiger partial charge >= 0.3 is 5.97 Å². The molecule has 0 amide bonds. The number of hydrogen-bond acceptors (Lipinski definition) is 5. The Labute approximate surface area is 64.1 Å². The zero-order chi connectivity index (χ0) is 9.07. The van der Waals surface area contributed by atoms with Crippen LogP contribution in [0, 0.1) is 0 Å². The van der Waals surface area contributed by atoms with Crippen molar-refractivity contribution in [3.05, 3.63) is 0 Å². The highest BCUT2D eigenvalue weighted by Crippen LogP contribution is 1.93. The molecule has 0 heterocycles. The summed E-state index contributed by atoms with van der Waals surface area (Å²) in [5.74, 6) is -1.16. The summed E-state index contributed by atoms with van der Waals surface area (Å²) in [7, 11) is -4.52. The summed E-state index contributed by atoms with van der Waals surface area (Å²) in [6.45, 7) is 1.51. The van der Waals surface area contributed by atoms with Crippen molar-refractivity contribution in [2.45, 2.75) is 12.3 Å². The number of nitrogens with two attached hydrogens (primary N) is 1.